The van der Waals surface area contributed by atoms with E-state index >= 15 is 0 Å². The Morgan fingerprint density at radius 2 is 1.75 bits per heavy atom. The topological polar surface area (TPSA) is 0 Å². The molecule has 0 N–H and O–H groups in total. The van der Waals surface area contributed by atoms with Gasteiger partial charge in [-0.2, -0.15) is 0 Å². The quantitative estimate of drug-likeness (QED) is 0.565. The van der Waals surface area contributed by atoms with Crippen LogP contribution in [-0.2, 0) is 23.3 Å². The average molecular weight is 197 g/mol. The van der Waals surface area contributed by atoms with Gasteiger partial charge in [0.25, 0.3) is 0 Å². The van der Waals surface area contributed by atoms with Crippen LogP contribution in [0.25, 0.3) is 0 Å². The zero-order valence-corrected chi connectivity index (χ0v) is 8.08. The fourth-order valence-corrected chi connectivity index (χ4v) is 2.38. The molecule has 0 atom stereocenters. The first-order valence-corrected chi connectivity index (χ1v) is 7.90. The number of rotatable bonds is 1. The van der Waals surface area contributed by atoms with E-state index in [0.29, 0.717) is 6.16 Å². The van der Waals surface area contributed by atoms with Gasteiger partial charge in [0.1, 0.15) is 0 Å². The Kier molecular flexibility index (Phi) is 2.71. The van der Waals surface area contributed by atoms with Gasteiger partial charge in [0.2, 0.25) is 0 Å². The Hall–Kier alpha value is 0.320. The van der Waals surface area contributed by atoms with Gasteiger partial charge in [-0.1, -0.05) is 0 Å². The predicted molar refractivity (Wildman–Crippen MR) is 33.2 cm³/mol. The van der Waals surface area contributed by atoms with E-state index in [4.69, 9.17) is 0 Å². The van der Waals surface area contributed by atoms with Crippen molar-refractivity contribution in [2.24, 2.45) is 0 Å². The summed E-state index contributed by atoms with van der Waals surface area (Å²) in [5, 5.41) is 1.53. The molecule has 0 saturated heterocycles. The van der Waals surface area contributed by atoms with Crippen LogP contribution >= 0.6 is 0 Å². The molecule has 1 rings (SSSR count). The molecule has 0 aliphatic heterocycles. The summed E-state index contributed by atoms with van der Waals surface area (Å²) in [6.07, 6.45) is 0.601. The first-order chi connectivity index (χ1) is 3.93. The van der Waals surface area contributed by atoms with Gasteiger partial charge in [0, 0.05) is 0 Å². The Labute approximate surface area is 64.9 Å². The zero-order chi connectivity index (χ0) is 5.82. The first-order valence-electron chi connectivity index (χ1n) is 2.49. The molecule has 8 heavy (non-hydrogen) atoms. The summed E-state index contributed by atoms with van der Waals surface area (Å²) in [7, 11) is 0. The molecule has 1 aromatic rings. The molecule has 0 fully saturated rings. The third kappa shape index (κ3) is 1.68. The number of hydrogen-bond acceptors (Lipinski definition) is 0. The molecule has 0 bridgehead atoms. The van der Waals surface area contributed by atoms with E-state index in [1.54, 1.807) is 23.3 Å². The van der Waals surface area contributed by atoms with E-state index in [1.807, 2.05) is 0 Å². The average Bonchev–Trinajstić information content (AvgIpc) is 1.90. The molecular weight excluding hydrogens is 191 g/mol. The van der Waals surface area contributed by atoms with Gasteiger partial charge in [-0.05, 0) is 0 Å². The summed E-state index contributed by atoms with van der Waals surface area (Å²) >= 11 is 1.67. The Bertz CT molecular complexity index is 171. The second-order valence-corrected chi connectivity index (χ2v) is 4.64. The standard InChI is InChI=1S/C6H6Si.Zr/c7-6-4-2-1-3-5-6;/h1-5,7H;/q;+2. The van der Waals surface area contributed by atoms with Crippen molar-refractivity contribution in [3.8, 4) is 0 Å². The van der Waals surface area contributed by atoms with Crippen molar-refractivity contribution in [3.05, 3.63) is 30.3 Å². The Balaban J connectivity index is 2.99. The molecule has 0 aromatic heterocycles. The van der Waals surface area contributed by atoms with Gasteiger partial charge in [-0.3, -0.25) is 0 Å². The van der Waals surface area contributed by atoms with Gasteiger partial charge in [-0.15, -0.1) is 0 Å². The molecule has 36 valence electrons. The third-order valence-electron chi connectivity index (χ3n) is 0.966. The molecule has 0 amide bonds. The van der Waals surface area contributed by atoms with Crippen LogP contribution < -0.4 is 5.19 Å². The maximum absolute atomic E-state index is 2.20. The molecule has 0 radical (unpaired) electrons. The summed E-state index contributed by atoms with van der Waals surface area (Å²) in [4.78, 5) is 0. The summed E-state index contributed by atoms with van der Waals surface area (Å²) in [6.45, 7) is 0. The van der Waals surface area contributed by atoms with E-state index in [1.165, 1.54) is 5.19 Å². The van der Waals surface area contributed by atoms with Crippen LogP contribution in [-0.4, -0.2) is 6.16 Å². The summed E-state index contributed by atoms with van der Waals surface area (Å²) in [6, 6.07) is 10.7. The number of benzene rings is 1. The van der Waals surface area contributed by atoms with Crippen molar-refractivity contribution in [2.75, 3.05) is 0 Å². The Morgan fingerprint density at radius 3 is 2.12 bits per heavy atom. The van der Waals surface area contributed by atoms with E-state index < -0.39 is 0 Å². The van der Waals surface area contributed by atoms with E-state index in [2.05, 4.69) is 30.3 Å². The summed E-state index contributed by atoms with van der Waals surface area (Å²) in [5.41, 5.74) is 0. The van der Waals surface area contributed by atoms with Crippen molar-refractivity contribution in [1.82, 2.24) is 0 Å². The third-order valence-corrected chi connectivity index (χ3v) is 4.14. The van der Waals surface area contributed by atoms with Gasteiger partial charge in [-0.25, -0.2) is 0 Å². The molecule has 0 nitrogen and oxygen atoms in total. The van der Waals surface area contributed by atoms with Gasteiger partial charge >= 0.3 is 65.0 Å². The molecule has 2 heteroatoms. The van der Waals surface area contributed by atoms with Crippen LogP contribution in [0.15, 0.2) is 30.3 Å². The molecular formula is C6H6SiZr+2. The van der Waals surface area contributed by atoms with Crippen LogP contribution in [0.1, 0.15) is 0 Å². The van der Waals surface area contributed by atoms with Gasteiger partial charge in [0.15, 0.2) is 0 Å². The van der Waals surface area contributed by atoms with Crippen LogP contribution in [0, 0.1) is 0 Å². The second kappa shape index (κ2) is 3.37. The van der Waals surface area contributed by atoms with E-state index in [0.717, 1.165) is 0 Å². The first kappa shape index (κ1) is 6.44. The molecule has 0 saturated carbocycles. The van der Waals surface area contributed by atoms with Crippen molar-refractivity contribution >= 4 is 11.3 Å². The van der Waals surface area contributed by atoms with Crippen molar-refractivity contribution in [3.63, 3.8) is 0 Å². The van der Waals surface area contributed by atoms with Crippen LogP contribution in [0.5, 0.6) is 0 Å². The van der Waals surface area contributed by atoms with Crippen LogP contribution in [0.4, 0.5) is 0 Å². The summed E-state index contributed by atoms with van der Waals surface area (Å²) < 4.78 is 0. The van der Waals surface area contributed by atoms with Crippen molar-refractivity contribution in [2.45, 2.75) is 0 Å². The monoisotopic (exact) mass is 196 g/mol. The number of hydrogen-bond donors (Lipinski definition) is 0. The predicted octanol–water partition coefficient (Wildman–Crippen LogP) is 0.210. The minimum absolute atomic E-state index is 0.601. The minimum atomic E-state index is 0.601. The fourth-order valence-electron chi connectivity index (χ4n) is 0.549. The van der Waals surface area contributed by atoms with E-state index in [9.17, 15) is 0 Å². The molecule has 0 aliphatic carbocycles. The van der Waals surface area contributed by atoms with Crippen molar-refractivity contribution in [1.29, 1.82) is 0 Å². The van der Waals surface area contributed by atoms with Gasteiger partial charge < -0.3 is 0 Å². The second-order valence-electron chi connectivity index (χ2n) is 1.56. The molecule has 0 unspecified atom stereocenters. The molecule has 0 aliphatic rings. The van der Waals surface area contributed by atoms with Crippen LogP contribution in [0.2, 0.25) is 0 Å². The molecule has 1 aromatic carbocycles. The van der Waals surface area contributed by atoms with Crippen molar-refractivity contribution < 1.29 is 23.3 Å². The van der Waals surface area contributed by atoms with Crippen LogP contribution in [0.3, 0.4) is 0 Å². The van der Waals surface area contributed by atoms with Gasteiger partial charge in [0.05, 0.1) is 0 Å². The SMILES string of the molecule is [Zr+2]=[SiH]c1ccccc1. The Morgan fingerprint density at radius 1 is 1.12 bits per heavy atom. The molecule has 0 heterocycles. The fraction of sp³-hybridized carbons (Fsp3) is 0. The normalized spacial score (nSPS) is 8.75. The zero-order valence-electron chi connectivity index (χ0n) is 4.46. The maximum atomic E-state index is 2.20. The summed E-state index contributed by atoms with van der Waals surface area (Å²) in [5.74, 6) is 0. The van der Waals surface area contributed by atoms with E-state index in [-0.39, 0.29) is 0 Å². The molecule has 0 spiro atoms.